The van der Waals surface area contributed by atoms with Gasteiger partial charge in [0.2, 0.25) is 0 Å². The van der Waals surface area contributed by atoms with Crippen LogP contribution in [0.5, 0.6) is 0 Å². The summed E-state index contributed by atoms with van der Waals surface area (Å²) in [4.78, 5) is 6.64. The minimum absolute atomic E-state index is 0. The van der Waals surface area contributed by atoms with E-state index < -0.39 is 0 Å². The van der Waals surface area contributed by atoms with Crippen molar-refractivity contribution in [3.05, 3.63) is 65.5 Å². The molecule has 1 heterocycles. The highest BCUT2D eigenvalue weighted by Gasteiger charge is 2.14. The normalized spacial score (nSPS) is 14.4. The molecule has 152 valence electrons. The number of hydrogen-bond donors (Lipinski definition) is 2. The fourth-order valence-corrected chi connectivity index (χ4v) is 3.19. The molecule has 0 bridgehead atoms. The third kappa shape index (κ3) is 6.63. The number of nitrogens with one attached hydrogen (secondary N) is 2. The predicted octanol–water partition coefficient (Wildman–Crippen LogP) is 3.19. The zero-order valence-corrected chi connectivity index (χ0v) is 18.5. The average molecular weight is 498 g/mol. The van der Waals surface area contributed by atoms with E-state index in [1.54, 1.807) is 19.2 Å². The number of hydrogen-bond acceptors (Lipinski definition) is 3. The monoisotopic (exact) mass is 498 g/mol. The van der Waals surface area contributed by atoms with Crippen molar-refractivity contribution in [2.45, 2.75) is 13.0 Å². The van der Waals surface area contributed by atoms with E-state index in [-0.39, 0.29) is 29.8 Å². The van der Waals surface area contributed by atoms with Crippen molar-refractivity contribution in [3.63, 3.8) is 0 Å². The van der Waals surface area contributed by atoms with Crippen LogP contribution in [0.2, 0.25) is 0 Å². The van der Waals surface area contributed by atoms with Gasteiger partial charge in [-0.15, -0.1) is 24.0 Å². The number of anilines is 1. The van der Waals surface area contributed by atoms with E-state index in [0.29, 0.717) is 13.1 Å². The van der Waals surface area contributed by atoms with E-state index in [0.717, 1.165) is 44.2 Å². The minimum Gasteiger partial charge on any atom is -0.378 e. The van der Waals surface area contributed by atoms with Crippen LogP contribution in [0.3, 0.4) is 0 Å². The number of halogens is 2. The Labute approximate surface area is 183 Å². The van der Waals surface area contributed by atoms with Crippen LogP contribution >= 0.6 is 24.0 Å². The number of morpholine rings is 1. The topological polar surface area (TPSA) is 48.9 Å². The summed E-state index contributed by atoms with van der Waals surface area (Å²) in [6, 6.07) is 15.1. The molecule has 0 aromatic heterocycles. The minimum atomic E-state index is -0.199. The lowest BCUT2D eigenvalue weighted by atomic mass is 10.1. The number of aliphatic imine (C=N–C) groups is 1. The second kappa shape index (κ2) is 11.9. The lowest BCUT2D eigenvalue weighted by molar-refractivity contribution is 0.122. The predicted molar refractivity (Wildman–Crippen MR) is 123 cm³/mol. The van der Waals surface area contributed by atoms with Gasteiger partial charge in [0.1, 0.15) is 5.82 Å². The maximum atomic E-state index is 13.3. The molecule has 0 amide bonds. The summed E-state index contributed by atoms with van der Waals surface area (Å²) in [5.41, 5.74) is 3.44. The van der Waals surface area contributed by atoms with Crippen molar-refractivity contribution in [3.8, 4) is 0 Å². The van der Waals surface area contributed by atoms with Crippen LogP contribution in [-0.4, -0.2) is 45.9 Å². The summed E-state index contributed by atoms with van der Waals surface area (Å²) in [5, 5.41) is 6.66. The van der Waals surface area contributed by atoms with Crippen molar-refractivity contribution in [2.24, 2.45) is 4.99 Å². The van der Waals surface area contributed by atoms with Gasteiger partial charge in [-0.3, -0.25) is 4.99 Å². The number of rotatable bonds is 6. The van der Waals surface area contributed by atoms with Crippen molar-refractivity contribution >= 4 is 35.6 Å². The Bertz CT molecular complexity index is 766. The van der Waals surface area contributed by atoms with Gasteiger partial charge in [-0.25, -0.2) is 4.39 Å². The molecule has 1 fully saturated rings. The molecule has 0 radical (unpaired) electrons. The standard InChI is InChI=1S/C21H27FN4O.HI/c1-23-21(24-10-9-17-5-4-7-19(22)15-17)25-16-18-6-2-3-8-20(18)26-11-13-27-14-12-26;/h2-8,15H,9-14,16H2,1H3,(H2,23,24,25);1H. The van der Waals surface area contributed by atoms with Crippen molar-refractivity contribution < 1.29 is 9.13 Å². The lowest BCUT2D eigenvalue weighted by Gasteiger charge is -2.30. The largest absolute Gasteiger partial charge is 0.378 e. The van der Waals surface area contributed by atoms with Crippen molar-refractivity contribution in [2.75, 3.05) is 44.8 Å². The van der Waals surface area contributed by atoms with Crippen LogP contribution in [0.4, 0.5) is 10.1 Å². The Morgan fingerprint density at radius 3 is 2.64 bits per heavy atom. The summed E-state index contributed by atoms with van der Waals surface area (Å²) in [6.07, 6.45) is 0.739. The molecular formula is C21H28FIN4O. The summed E-state index contributed by atoms with van der Waals surface area (Å²) in [7, 11) is 1.76. The second-order valence-electron chi connectivity index (χ2n) is 6.46. The lowest BCUT2D eigenvalue weighted by Crippen LogP contribution is -2.39. The van der Waals surface area contributed by atoms with Gasteiger partial charge in [0.15, 0.2) is 5.96 Å². The third-order valence-electron chi connectivity index (χ3n) is 4.61. The first-order chi connectivity index (χ1) is 13.3. The van der Waals surface area contributed by atoms with E-state index in [1.165, 1.54) is 17.3 Å². The highest BCUT2D eigenvalue weighted by molar-refractivity contribution is 14.0. The zero-order valence-electron chi connectivity index (χ0n) is 16.2. The molecule has 1 aliphatic rings. The van der Waals surface area contributed by atoms with Crippen molar-refractivity contribution in [1.29, 1.82) is 0 Å². The van der Waals surface area contributed by atoms with Crippen LogP contribution in [0, 0.1) is 5.82 Å². The van der Waals surface area contributed by atoms with Crippen LogP contribution in [0.15, 0.2) is 53.5 Å². The molecule has 0 spiro atoms. The van der Waals surface area contributed by atoms with Gasteiger partial charge in [-0.2, -0.15) is 0 Å². The molecule has 1 aliphatic heterocycles. The molecule has 5 nitrogen and oxygen atoms in total. The molecule has 28 heavy (non-hydrogen) atoms. The van der Waals surface area contributed by atoms with Crippen LogP contribution in [0.25, 0.3) is 0 Å². The molecule has 0 atom stereocenters. The maximum absolute atomic E-state index is 13.3. The van der Waals surface area contributed by atoms with Crippen LogP contribution < -0.4 is 15.5 Å². The zero-order chi connectivity index (χ0) is 18.9. The van der Waals surface area contributed by atoms with Crippen LogP contribution in [-0.2, 0) is 17.7 Å². The molecule has 1 saturated heterocycles. The highest BCUT2D eigenvalue weighted by atomic mass is 127. The quantitative estimate of drug-likeness (QED) is 0.365. The summed E-state index contributed by atoms with van der Waals surface area (Å²) in [6.45, 7) is 4.74. The number of guanidine groups is 1. The molecule has 0 aliphatic carbocycles. The third-order valence-corrected chi connectivity index (χ3v) is 4.61. The molecule has 0 saturated carbocycles. The molecule has 0 unspecified atom stereocenters. The first kappa shape index (κ1) is 22.4. The van der Waals surface area contributed by atoms with Gasteiger partial charge >= 0.3 is 0 Å². The van der Waals surface area contributed by atoms with Gasteiger partial charge in [0.05, 0.1) is 13.2 Å². The van der Waals surface area contributed by atoms with E-state index in [9.17, 15) is 4.39 Å². The first-order valence-corrected chi connectivity index (χ1v) is 9.36. The SMILES string of the molecule is CN=C(NCCc1cccc(F)c1)NCc1ccccc1N1CCOCC1.I. The maximum Gasteiger partial charge on any atom is 0.191 e. The van der Waals surface area contributed by atoms with Gasteiger partial charge in [0.25, 0.3) is 0 Å². The highest BCUT2D eigenvalue weighted by Crippen LogP contribution is 2.21. The molecule has 7 heteroatoms. The Kier molecular flexibility index (Phi) is 9.49. The van der Waals surface area contributed by atoms with Crippen LogP contribution in [0.1, 0.15) is 11.1 Å². The summed E-state index contributed by atoms with van der Waals surface area (Å²) < 4.78 is 18.7. The van der Waals surface area contributed by atoms with Gasteiger partial charge < -0.3 is 20.3 Å². The van der Waals surface area contributed by atoms with E-state index in [1.807, 2.05) is 6.07 Å². The number of ether oxygens (including phenoxy) is 1. The van der Waals surface area contributed by atoms with Gasteiger partial charge in [0, 0.05) is 38.9 Å². The van der Waals surface area contributed by atoms with Crippen molar-refractivity contribution in [1.82, 2.24) is 10.6 Å². The second-order valence-corrected chi connectivity index (χ2v) is 6.46. The Hall–Kier alpha value is -1.87. The molecule has 3 rings (SSSR count). The number of benzene rings is 2. The average Bonchev–Trinajstić information content (AvgIpc) is 2.71. The van der Waals surface area contributed by atoms with E-state index in [4.69, 9.17) is 4.74 Å². The fourth-order valence-electron chi connectivity index (χ4n) is 3.19. The summed E-state index contributed by atoms with van der Waals surface area (Å²) in [5.74, 6) is 0.540. The van der Waals surface area contributed by atoms with Gasteiger partial charge in [-0.05, 0) is 35.7 Å². The number of para-hydroxylation sites is 1. The molecule has 2 aromatic carbocycles. The first-order valence-electron chi connectivity index (χ1n) is 9.36. The Morgan fingerprint density at radius 1 is 1.11 bits per heavy atom. The molecule has 2 aromatic rings. The van der Waals surface area contributed by atoms with E-state index >= 15 is 0 Å². The smallest absolute Gasteiger partial charge is 0.191 e. The fraction of sp³-hybridized carbons (Fsp3) is 0.381. The number of nitrogens with zero attached hydrogens (tertiary/aromatic N) is 2. The summed E-state index contributed by atoms with van der Waals surface area (Å²) >= 11 is 0. The Balaban J connectivity index is 0.00000280. The molecular weight excluding hydrogens is 470 g/mol. The van der Waals surface area contributed by atoms with E-state index in [2.05, 4.69) is 44.8 Å². The Morgan fingerprint density at radius 2 is 1.89 bits per heavy atom. The molecule has 2 N–H and O–H groups in total. The van der Waals surface area contributed by atoms with Gasteiger partial charge in [-0.1, -0.05) is 30.3 Å².